The molecule has 0 spiro atoms. The van der Waals surface area contributed by atoms with E-state index in [1.807, 2.05) is 6.92 Å². The standard InChI is InChI=1S/C19H23FN2O4S/c1-14-11-17(12-19(23)21(14)2)26-16-7-9-22(10-8-16)27(24,25)13-15-5-3-4-6-18(15)20/h3-6,11-12,16H,7-10,13H2,1-2H3. The summed E-state index contributed by atoms with van der Waals surface area (Å²) in [6, 6.07) is 9.14. The Morgan fingerprint density at radius 3 is 2.48 bits per heavy atom. The molecule has 1 aliphatic heterocycles. The van der Waals surface area contributed by atoms with Gasteiger partial charge >= 0.3 is 0 Å². The van der Waals surface area contributed by atoms with Gasteiger partial charge in [0.1, 0.15) is 17.7 Å². The van der Waals surface area contributed by atoms with Crippen LogP contribution in [0, 0.1) is 12.7 Å². The lowest BCUT2D eigenvalue weighted by molar-refractivity contribution is 0.134. The van der Waals surface area contributed by atoms with E-state index in [0.29, 0.717) is 31.7 Å². The molecule has 0 radical (unpaired) electrons. The van der Waals surface area contributed by atoms with Crippen LogP contribution in [0.1, 0.15) is 24.1 Å². The third-order valence-corrected chi connectivity index (χ3v) is 6.70. The van der Waals surface area contributed by atoms with Gasteiger partial charge in [0, 0.05) is 37.5 Å². The highest BCUT2D eigenvalue weighted by Crippen LogP contribution is 2.22. The molecule has 27 heavy (non-hydrogen) atoms. The fraction of sp³-hybridized carbons (Fsp3) is 0.421. The number of sulfonamides is 1. The van der Waals surface area contributed by atoms with Gasteiger partial charge in [0.25, 0.3) is 5.56 Å². The summed E-state index contributed by atoms with van der Waals surface area (Å²) in [4.78, 5) is 11.9. The summed E-state index contributed by atoms with van der Waals surface area (Å²) < 4.78 is 47.7. The average Bonchev–Trinajstić information content (AvgIpc) is 2.62. The van der Waals surface area contributed by atoms with Gasteiger partial charge in [-0.3, -0.25) is 4.79 Å². The molecule has 1 aromatic carbocycles. The lowest BCUT2D eigenvalue weighted by Crippen LogP contribution is -2.42. The zero-order valence-corrected chi connectivity index (χ0v) is 16.2. The van der Waals surface area contributed by atoms with Crippen LogP contribution < -0.4 is 10.3 Å². The van der Waals surface area contributed by atoms with E-state index in [1.165, 1.54) is 33.1 Å². The summed E-state index contributed by atoms with van der Waals surface area (Å²) in [6.07, 6.45) is 0.881. The van der Waals surface area contributed by atoms with Crippen LogP contribution in [0.3, 0.4) is 0 Å². The van der Waals surface area contributed by atoms with Crippen molar-refractivity contribution < 1.29 is 17.5 Å². The van der Waals surface area contributed by atoms with Crippen molar-refractivity contribution in [2.75, 3.05) is 13.1 Å². The van der Waals surface area contributed by atoms with Crippen molar-refractivity contribution in [3.63, 3.8) is 0 Å². The largest absolute Gasteiger partial charge is 0.490 e. The van der Waals surface area contributed by atoms with Gasteiger partial charge in [0.05, 0.1) is 5.75 Å². The van der Waals surface area contributed by atoms with Gasteiger partial charge < -0.3 is 9.30 Å². The minimum absolute atomic E-state index is 0.144. The number of nitrogens with zero attached hydrogens (tertiary/aromatic N) is 2. The van der Waals surface area contributed by atoms with Crippen LogP contribution in [0.2, 0.25) is 0 Å². The molecular weight excluding hydrogens is 371 g/mol. The summed E-state index contributed by atoms with van der Waals surface area (Å²) >= 11 is 0. The van der Waals surface area contributed by atoms with Crippen LogP contribution >= 0.6 is 0 Å². The van der Waals surface area contributed by atoms with Gasteiger partial charge in [-0.15, -0.1) is 0 Å². The summed E-state index contributed by atoms with van der Waals surface area (Å²) in [7, 11) is -1.89. The van der Waals surface area contributed by atoms with Crippen LogP contribution in [0.4, 0.5) is 4.39 Å². The number of benzene rings is 1. The fourth-order valence-electron chi connectivity index (χ4n) is 3.13. The van der Waals surface area contributed by atoms with Crippen molar-refractivity contribution in [3.8, 4) is 5.75 Å². The zero-order valence-electron chi connectivity index (χ0n) is 15.4. The molecule has 2 aromatic rings. The van der Waals surface area contributed by atoms with Gasteiger partial charge in [-0.2, -0.15) is 0 Å². The number of halogens is 1. The predicted molar refractivity (Wildman–Crippen MR) is 101 cm³/mol. The number of hydrogen-bond donors (Lipinski definition) is 0. The van der Waals surface area contributed by atoms with E-state index < -0.39 is 15.8 Å². The smallest absolute Gasteiger partial charge is 0.254 e. The molecule has 1 aromatic heterocycles. The summed E-state index contributed by atoms with van der Waals surface area (Å²) in [5.41, 5.74) is 0.823. The van der Waals surface area contributed by atoms with E-state index in [4.69, 9.17) is 4.74 Å². The van der Waals surface area contributed by atoms with Gasteiger partial charge in [0.15, 0.2) is 0 Å². The Bertz CT molecular complexity index is 979. The first kappa shape index (κ1) is 19.6. The first-order valence-electron chi connectivity index (χ1n) is 8.82. The second-order valence-corrected chi connectivity index (χ2v) is 8.76. The predicted octanol–water partition coefficient (Wildman–Crippen LogP) is 2.21. The molecule has 2 heterocycles. The summed E-state index contributed by atoms with van der Waals surface area (Å²) in [5.74, 6) is -0.359. The molecule has 0 unspecified atom stereocenters. The highest BCUT2D eigenvalue weighted by atomic mass is 32.2. The second-order valence-electron chi connectivity index (χ2n) is 6.79. The molecular formula is C19H23FN2O4S. The molecule has 0 amide bonds. The zero-order chi connectivity index (χ0) is 19.6. The molecule has 1 aliphatic rings. The number of aromatic nitrogens is 1. The minimum Gasteiger partial charge on any atom is -0.490 e. The van der Waals surface area contributed by atoms with E-state index in [9.17, 15) is 17.6 Å². The van der Waals surface area contributed by atoms with E-state index >= 15 is 0 Å². The Kier molecular flexibility index (Phi) is 5.67. The Balaban J connectivity index is 1.61. The second kappa shape index (κ2) is 7.82. The molecule has 146 valence electrons. The Morgan fingerprint density at radius 1 is 1.19 bits per heavy atom. The van der Waals surface area contributed by atoms with Crippen LogP contribution in [0.25, 0.3) is 0 Å². The van der Waals surface area contributed by atoms with Crippen molar-refractivity contribution in [3.05, 3.63) is 63.8 Å². The monoisotopic (exact) mass is 394 g/mol. The van der Waals surface area contributed by atoms with Crippen LogP contribution in [-0.2, 0) is 22.8 Å². The van der Waals surface area contributed by atoms with Crippen molar-refractivity contribution >= 4 is 10.0 Å². The molecule has 0 N–H and O–H groups in total. The maximum Gasteiger partial charge on any atom is 0.254 e. The van der Waals surface area contributed by atoms with Gasteiger partial charge in [-0.05, 0) is 31.9 Å². The first-order valence-corrected chi connectivity index (χ1v) is 10.4. The Morgan fingerprint density at radius 2 is 1.85 bits per heavy atom. The van der Waals surface area contributed by atoms with Crippen LogP contribution in [-0.4, -0.2) is 36.5 Å². The average molecular weight is 394 g/mol. The summed E-state index contributed by atoms with van der Waals surface area (Å²) in [6.45, 7) is 2.45. The van der Waals surface area contributed by atoms with E-state index in [0.717, 1.165) is 5.69 Å². The molecule has 1 fully saturated rings. The SMILES string of the molecule is Cc1cc(OC2CCN(S(=O)(=O)Cc3ccccc3F)CC2)cc(=O)n1C. The molecule has 0 atom stereocenters. The van der Waals surface area contributed by atoms with Crippen LogP contribution in [0.5, 0.6) is 5.75 Å². The number of pyridine rings is 1. The van der Waals surface area contributed by atoms with Crippen LogP contribution in [0.15, 0.2) is 41.2 Å². The number of rotatable bonds is 5. The lowest BCUT2D eigenvalue weighted by atomic mass is 10.1. The van der Waals surface area contributed by atoms with Crippen molar-refractivity contribution in [1.82, 2.24) is 8.87 Å². The minimum atomic E-state index is -3.59. The molecule has 6 nitrogen and oxygen atoms in total. The Labute approximate surface area is 158 Å². The third-order valence-electron chi connectivity index (χ3n) is 4.87. The maximum absolute atomic E-state index is 13.8. The molecule has 1 saturated heterocycles. The fourth-order valence-corrected chi connectivity index (χ4v) is 4.71. The van der Waals surface area contributed by atoms with Gasteiger partial charge in [-0.1, -0.05) is 18.2 Å². The molecule has 0 aliphatic carbocycles. The van der Waals surface area contributed by atoms with Gasteiger partial charge in [0.2, 0.25) is 10.0 Å². The number of piperidine rings is 1. The van der Waals surface area contributed by atoms with Gasteiger partial charge in [-0.25, -0.2) is 17.1 Å². The first-order chi connectivity index (χ1) is 12.8. The Hall–Kier alpha value is -2.19. The molecule has 3 rings (SSSR count). The van der Waals surface area contributed by atoms with Crippen molar-refractivity contribution in [2.45, 2.75) is 31.6 Å². The van der Waals surface area contributed by atoms with E-state index in [1.54, 1.807) is 19.2 Å². The highest BCUT2D eigenvalue weighted by molar-refractivity contribution is 7.88. The van der Waals surface area contributed by atoms with E-state index in [-0.39, 0.29) is 23.0 Å². The number of aryl methyl sites for hydroxylation is 1. The van der Waals surface area contributed by atoms with Crippen molar-refractivity contribution in [2.24, 2.45) is 7.05 Å². The van der Waals surface area contributed by atoms with Crippen molar-refractivity contribution in [1.29, 1.82) is 0 Å². The molecule has 8 heteroatoms. The molecule has 0 bridgehead atoms. The highest BCUT2D eigenvalue weighted by Gasteiger charge is 2.29. The molecule has 0 saturated carbocycles. The third kappa shape index (κ3) is 4.56. The number of ether oxygens (including phenoxy) is 1. The van der Waals surface area contributed by atoms with E-state index in [2.05, 4.69) is 0 Å². The maximum atomic E-state index is 13.8. The normalized spacial score (nSPS) is 16.4. The number of hydrogen-bond acceptors (Lipinski definition) is 4. The summed E-state index contributed by atoms with van der Waals surface area (Å²) in [5, 5.41) is 0. The topological polar surface area (TPSA) is 68.6 Å². The lowest BCUT2D eigenvalue weighted by Gasteiger charge is -2.31. The quantitative estimate of drug-likeness (QED) is 0.780.